The van der Waals surface area contributed by atoms with Crippen LogP contribution in [0.5, 0.6) is 23.1 Å². The summed E-state index contributed by atoms with van der Waals surface area (Å²) in [4.78, 5) is 35.5. The van der Waals surface area contributed by atoms with Gasteiger partial charge >= 0.3 is 6.03 Å². The lowest BCUT2D eigenvalue weighted by Gasteiger charge is -2.24. The number of sulfonamides is 1. The van der Waals surface area contributed by atoms with Crippen LogP contribution in [-0.4, -0.2) is 90.8 Å². The van der Waals surface area contributed by atoms with Crippen molar-refractivity contribution in [2.24, 2.45) is 0 Å². The van der Waals surface area contributed by atoms with Gasteiger partial charge in [0.1, 0.15) is 11.5 Å². The molecule has 4 N–H and O–H groups in total. The van der Waals surface area contributed by atoms with Gasteiger partial charge in [0.15, 0.2) is 11.5 Å². The lowest BCUT2D eigenvalue weighted by Crippen LogP contribution is -2.22. The van der Waals surface area contributed by atoms with Gasteiger partial charge < -0.3 is 44.4 Å². The number of hydrogen-bond acceptors (Lipinski definition) is 13. The number of methoxy groups -OCH3 is 3. The van der Waals surface area contributed by atoms with Gasteiger partial charge in [-0.05, 0) is 65.4 Å². The molecule has 0 aliphatic rings. The summed E-state index contributed by atoms with van der Waals surface area (Å²) in [6.45, 7) is 8.65. The SMILES string of the molecule is COCCOCCOCCCC(=O)c1cc(CNc2nccc(Oc3ccc(NC(=O)Nc4cc(C(C)(C)C)cc(NS(C)(=O)=O)c4OC)c4ccccc34)n2)cc(OC)c1. The normalized spacial score (nSPS) is 11.5. The fraction of sp³-hybridized carbons (Fsp3) is 0.364. The van der Waals surface area contributed by atoms with Crippen LogP contribution < -0.4 is 34.9 Å². The van der Waals surface area contributed by atoms with Gasteiger partial charge in [0.2, 0.25) is 21.9 Å². The summed E-state index contributed by atoms with van der Waals surface area (Å²) in [7, 11) is 0.922. The van der Waals surface area contributed by atoms with Gasteiger partial charge in [0.25, 0.3) is 0 Å². The van der Waals surface area contributed by atoms with Crippen LogP contribution in [0.15, 0.2) is 79.0 Å². The number of carbonyl (C=O) groups excluding carboxylic acids is 2. The van der Waals surface area contributed by atoms with Crippen LogP contribution in [-0.2, 0) is 36.2 Å². The second-order valence-corrected chi connectivity index (χ2v) is 16.7. The van der Waals surface area contributed by atoms with Crippen LogP contribution in [0.3, 0.4) is 0 Å². The molecule has 61 heavy (non-hydrogen) atoms. The second-order valence-electron chi connectivity index (χ2n) is 15.0. The minimum Gasteiger partial charge on any atom is -0.497 e. The zero-order valence-electron chi connectivity index (χ0n) is 35.5. The monoisotopic (exact) mass is 858 g/mol. The summed E-state index contributed by atoms with van der Waals surface area (Å²) >= 11 is 0. The molecule has 0 atom stereocenters. The van der Waals surface area contributed by atoms with E-state index in [1.54, 1.807) is 56.8 Å². The third-order valence-electron chi connectivity index (χ3n) is 9.15. The van der Waals surface area contributed by atoms with Gasteiger partial charge in [-0.25, -0.2) is 18.2 Å². The molecule has 0 fully saturated rings. The zero-order chi connectivity index (χ0) is 44.0. The highest BCUT2D eigenvalue weighted by Gasteiger charge is 2.23. The Morgan fingerprint density at radius 1 is 0.770 bits per heavy atom. The first kappa shape index (κ1) is 46.1. The summed E-state index contributed by atoms with van der Waals surface area (Å²) in [5, 5.41) is 10.3. The first-order valence-corrected chi connectivity index (χ1v) is 21.5. The van der Waals surface area contributed by atoms with Gasteiger partial charge in [-0.1, -0.05) is 45.0 Å². The van der Waals surface area contributed by atoms with E-state index in [0.29, 0.717) is 91.9 Å². The van der Waals surface area contributed by atoms with Crippen molar-refractivity contribution in [2.75, 3.05) is 81.3 Å². The van der Waals surface area contributed by atoms with Crippen molar-refractivity contribution in [1.82, 2.24) is 9.97 Å². The fourth-order valence-corrected chi connectivity index (χ4v) is 6.71. The predicted octanol–water partition coefficient (Wildman–Crippen LogP) is 8.01. The predicted molar refractivity (Wildman–Crippen MR) is 236 cm³/mol. The Labute approximate surface area is 356 Å². The largest absolute Gasteiger partial charge is 0.497 e. The van der Waals surface area contributed by atoms with Crippen molar-refractivity contribution in [2.45, 2.75) is 45.6 Å². The van der Waals surface area contributed by atoms with Crippen LogP contribution in [0.1, 0.15) is 55.1 Å². The molecule has 4 aromatic carbocycles. The molecule has 5 rings (SSSR count). The second kappa shape index (κ2) is 21.5. The van der Waals surface area contributed by atoms with Gasteiger partial charge in [0, 0.05) is 55.3 Å². The molecule has 1 heterocycles. The molecule has 0 saturated heterocycles. The standard InChI is InChI=1S/C44H54N6O10S/c1-44(2,3)31-26-36(41(57-6)37(27-31)50-61(7,53)54)48-43(52)47-35-14-15-39(34-12-9-8-11-33(34)35)60-40-16-17-45-42(49-40)46-28-29-23-30(25-32(24-29)56-5)38(51)13-10-18-58-21-22-59-20-19-55-4/h8-9,11-12,14-17,23-27,50H,10,13,18-22,28H2,1-7H3,(H,45,46,49)(H2,47,48,52). The Balaban J connectivity index is 1.24. The number of fused-ring (bicyclic) bond motifs is 1. The number of Topliss-reactive ketones (excluding diaryl/α,β-unsaturated/α-hetero) is 1. The summed E-state index contributed by atoms with van der Waals surface area (Å²) in [5.74, 6) is 1.75. The van der Waals surface area contributed by atoms with E-state index in [-0.39, 0.29) is 34.2 Å². The molecule has 0 aliphatic carbocycles. The summed E-state index contributed by atoms with van der Waals surface area (Å²) < 4.78 is 60.1. The number of nitrogens with one attached hydrogen (secondary N) is 4. The van der Waals surface area contributed by atoms with Crippen molar-refractivity contribution in [1.29, 1.82) is 0 Å². The Kier molecular flexibility index (Phi) is 16.2. The van der Waals surface area contributed by atoms with Gasteiger partial charge in [-0.15, -0.1) is 0 Å². The van der Waals surface area contributed by atoms with Crippen molar-refractivity contribution in [3.05, 3.63) is 95.7 Å². The highest BCUT2D eigenvalue weighted by molar-refractivity contribution is 7.92. The molecule has 16 nitrogen and oxygen atoms in total. The molecule has 0 aliphatic heterocycles. The van der Waals surface area contributed by atoms with E-state index in [0.717, 1.165) is 17.4 Å². The molecule has 5 aromatic rings. The molecule has 0 saturated carbocycles. The zero-order valence-corrected chi connectivity index (χ0v) is 36.4. The van der Waals surface area contributed by atoms with E-state index in [1.807, 2.05) is 57.2 Å². The minimum atomic E-state index is -3.65. The molecular formula is C44H54N6O10S. The number of hydrogen-bond donors (Lipinski definition) is 4. The number of amides is 2. The van der Waals surface area contributed by atoms with E-state index >= 15 is 0 Å². The number of rotatable bonds is 22. The fourth-order valence-electron chi connectivity index (χ4n) is 6.16. The van der Waals surface area contributed by atoms with E-state index < -0.39 is 16.1 Å². The molecule has 1 aromatic heterocycles. The van der Waals surface area contributed by atoms with Crippen LogP contribution >= 0.6 is 0 Å². The van der Waals surface area contributed by atoms with Crippen LogP contribution in [0.4, 0.5) is 27.8 Å². The topological polar surface area (TPSA) is 198 Å². The van der Waals surface area contributed by atoms with Gasteiger partial charge in [-0.3, -0.25) is 9.52 Å². The summed E-state index contributed by atoms with van der Waals surface area (Å²) in [5.41, 5.74) is 2.71. The number of anilines is 4. The molecule has 326 valence electrons. The first-order valence-electron chi connectivity index (χ1n) is 19.6. The van der Waals surface area contributed by atoms with Crippen LogP contribution in [0.2, 0.25) is 0 Å². The van der Waals surface area contributed by atoms with Gasteiger partial charge in [-0.2, -0.15) is 4.98 Å². The minimum absolute atomic E-state index is 0.0231. The number of benzene rings is 4. The third kappa shape index (κ3) is 13.8. The molecule has 0 radical (unpaired) electrons. The Morgan fingerprint density at radius 2 is 1.48 bits per heavy atom. The average molecular weight is 859 g/mol. The van der Waals surface area contributed by atoms with E-state index in [2.05, 4.69) is 30.6 Å². The van der Waals surface area contributed by atoms with Crippen molar-refractivity contribution in [3.8, 4) is 23.1 Å². The number of nitrogens with zero attached hydrogens (tertiary/aromatic N) is 2. The highest BCUT2D eigenvalue weighted by Crippen LogP contribution is 2.40. The van der Waals surface area contributed by atoms with Crippen molar-refractivity contribution in [3.63, 3.8) is 0 Å². The van der Waals surface area contributed by atoms with E-state index in [9.17, 15) is 18.0 Å². The first-order chi connectivity index (χ1) is 29.2. The Hall–Kier alpha value is -6.01. The maximum Gasteiger partial charge on any atom is 0.323 e. The molecule has 0 bridgehead atoms. The Morgan fingerprint density at radius 3 is 2.18 bits per heavy atom. The third-order valence-corrected chi connectivity index (χ3v) is 9.74. The number of aromatic nitrogens is 2. The number of urea groups is 1. The number of ketones is 1. The molecular weight excluding hydrogens is 805 g/mol. The lowest BCUT2D eigenvalue weighted by atomic mass is 9.86. The maximum absolute atomic E-state index is 13.5. The van der Waals surface area contributed by atoms with Crippen LogP contribution in [0, 0.1) is 0 Å². The van der Waals surface area contributed by atoms with E-state index in [4.69, 9.17) is 28.4 Å². The maximum atomic E-state index is 13.5. The molecule has 0 spiro atoms. The van der Waals surface area contributed by atoms with Gasteiger partial charge in [0.05, 0.1) is 64.0 Å². The summed E-state index contributed by atoms with van der Waals surface area (Å²) in [6.07, 6.45) is 3.51. The molecule has 0 unspecified atom stereocenters. The van der Waals surface area contributed by atoms with Crippen LogP contribution in [0.25, 0.3) is 10.8 Å². The Bertz CT molecular complexity index is 2410. The lowest BCUT2D eigenvalue weighted by molar-refractivity contribution is 0.0240. The van der Waals surface area contributed by atoms with E-state index in [1.165, 1.54) is 7.11 Å². The quantitative estimate of drug-likeness (QED) is 0.0386. The van der Waals surface area contributed by atoms with Crippen molar-refractivity contribution >= 4 is 55.6 Å². The van der Waals surface area contributed by atoms with Crippen molar-refractivity contribution < 1.29 is 46.4 Å². The summed E-state index contributed by atoms with van der Waals surface area (Å²) in [6, 6.07) is 20.7. The number of carbonyl (C=O) groups is 2. The smallest absolute Gasteiger partial charge is 0.323 e. The highest BCUT2D eigenvalue weighted by atomic mass is 32.2. The molecule has 2 amide bonds. The molecule has 17 heteroatoms. The number of ether oxygens (including phenoxy) is 6. The average Bonchev–Trinajstić information content (AvgIpc) is 3.22.